The SMILES string of the molecule is O=C(O)C[C@@H](NC(=O)CCc1ccc(F)cc1)c1ccccc1. The zero-order valence-electron chi connectivity index (χ0n) is 12.5. The molecule has 5 heteroatoms. The zero-order chi connectivity index (χ0) is 16.7. The van der Waals surface area contributed by atoms with Gasteiger partial charge in [0.2, 0.25) is 5.91 Å². The molecule has 0 aliphatic heterocycles. The molecule has 0 heterocycles. The molecule has 0 fully saturated rings. The van der Waals surface area contributed by atoms with Crippen molar-refractivity contribution in [2.45, 2.75) is 25.3 Å². The number of benzene rings is 2. The Morgan fingerprint density at radius 3 is 2.30 bits per heavy atom. The van der Waals surface area contributed by atoms with E-state index < -0.39 is 12.0 Å². The fraction of sp³-hybridized carbons (Fsp3) is 0.222. The average Bonchev–Trinajstić information content (AvgIpc) is 2.54. The number of carbonyl (C=O) groups is 2. The second kappa shape index (κ2) is 8.08. The van der Waals surface area contributed by atoms with Gasteiger partial charge in [-0.1, -0.05) is 42.5 Å². The lowest BCUT2D eigenvalue weighted by molar-refractivity contribution is -0.137. The molecule has 0 saturated carbocycles. The molecule has 23 heavy (non-hydrogen) atoms. The normalized spacial score (nSPS) is 11.7. The van der Waals surface area contributed by atoms with E-state index in [-0.39, 0.29) is 24.6 Å². The fourth-order valence-corrected chi connectivity index (χ4v) is 2.29. The van der Waals surface area contributed by atoms with Crippen LogP contribution in [0.1, 0.15) is 30.0 Å². The fourth-order valence-electron chi connectivity index (χ4n) is 2.29. The molecule has 0 radical (unpaired) electrons. The number of hydrogen-bond donors (Lipinski definition) is 2. The third kappa shape index (κ3) is 5.54. The van der Waals surface area contributed by atoms with E-state index in [9.17, 15) is 14.0 Å². The third-order valence-electron chi connectivity index (χ3n) is 3.47. The summed E-state index contributed by atoms with van der Waals surface area (Å²) in [5, 5.41) is 11.8. The van der Waals surface area contributed by atoms with Crippen LogP contribution in [0.15, 0.2) is 54.6 Å². The summed E-state index contributed by atoms with van der Waals surface area (Å²) < 4.78 is 12.8. The highest BCUT2D eigenvalue weighted by atomic mass is 19.1. The topological polar surface area (TPSA) is 66.4 Å². The van der Waals surface area contributed by atoms with Crippen molar-refractivity contribution in [2.24, 2.45) is 0 Å². The van der Waals surface area contributed by atoms with Crippen molar-refractivity contribution in [3.63, 3.8) is 0 Å². The van der Waals surface area contributed by atoms with E-state index in [1.807, 2.05) is 6.07 Å². The van der Waals surface area contributed by atoms with Crippen molar-refractivity contribution in [3.8, 4) is 0 Å². The number of halogens is 1. The van der Waals surface area contributed by atoms with Crippen LogP contribution in [0.4, 0.5) is 4.39 Å². The van der Waals surface area contributed by atoms with Crippen LogP contribution in [0, 0.1) is 5.82 Å². The molecule has 1 atom stereocenters. The van der Waals surface area contributed by atoms with Gasteiger partial charge in [0.15, 0.2) is 0 Å². The van der Waals surface area contributed by atoms with Gasteiger partial charge < -0.3 is 10.4 Å². The van der Waals surface area contributed by atoms with Gasteiger partial charge in [0.1, 0.15) is 5.82 Å². The summed E-state index contributed by atoms with van der Waals surface area (Å²) >= 11 is 0. The van der Waals surface area contributed by atoms with Crippen LogP contribution in [0.25, 0.3) is 0 Å². The van der Waals surface area contributed by atoms with Crippen LogP contribution in [0.2, 0.25) is 0 Å². The Kier molecular flexibility index (Phi) is 5.86. The van der Waals surface area contributed by atoms with Gasteiger partial charge in [0.05, 0.1) is 12.5 Å². The molecule has 1 amide bonds. The Bertz CT molecular complexity index is 656. The van der Waals surface area contributed by atoms with Gasteiger partial charge in [-0.3, -0.25) is 9.59 Å². The van der Waals surface area contributed by atoms with Crippen LogP contribution < -0.4 is 5.32 Å². The highest BCUT2D eigenvalue weighted by Gasteiger charge is 2.17. The largest absolute Gasteiger partial charge is 0.481 e. The van der Waals surface area contributed by atoms with E-state index in [0.29, 0.717) is 6.42 Å². The van der Waals surface area contributed by atoms with Gasteiger partial charge in [0, 0.05) is 6.42 Å². The van der Waals surface area contributed by atoms with Crippen LogP contribution in [-0.4, -0.2) is 17.0 Å². The van der Waals surface area contributed by atoms with Crippen molar-refractivity contribution < 1.29 is 19.1 Å². The van der Waals surface area contributed by atoms with Crippen molar-refractivity contribution in [2.75, 3.05) is 0 Å². The predicted molar refractivity (Wildman–Crippen MR) is 84.3 cm³/mol. The molecule has 0 aliphatic rings. The van der Waals surface area contributed by atoms with E-state index in [0.717, 1.165) is 11.1 Å². The number of nitrogens with one attached hydrogen (secondary N) is 1. The van der Waals surface area contributed by atoms with Gasteiger partial charge in [-0.25, -0.2) is 4.39 Å². The molecular formula is C18H18FNO3. The molecule has 0 saturated heterocycles. The molecule has 2 N–H and O–H groups in total. The summed E-state index contributed by atoms with van der Waals surface area (Å²) in [7, 11) is 0. The summed E-state index contributed by atoms with van der Waals surface area (Å²) in [6.45, 7) is 0. The third-order valence-corrected chi connectivity index (χ3v) is 3.47. The highest BCUT2D eigenvalue weighted by Crippen LogP contribution is 2.17. The van der Waals surface area contributed by atoms with Crippen molar-refractivity contribution in [1.29, 1.82) is 0 Å². The number of carbonyl (C=O) groups excluding carboxylic acids is 1. The molecule has 0 aromatic heterocycles. The standard InChI is InChI=1S/C18H18FNO3/c19-15-9-6-13(7-10-15)8-11-17(21)20-16(12-18(22)23)14-4-2-1-3-5-14/h1-7,9-10,16H,8,11-12H2,(H,20,21)(H,22,23)/t16-/m1/s1. The summed E-state index contributed by atoms with van der Waals surface area (Å²) in [6.07, 6.45) is 0.515. The number of hydrogen-bond acceptors (Lipinski definition) is 2. The minimum atomic E-state index is -0.974. The molecule has 0 aliphatic carbocycles. The quantitative estimate of drug-likeness (QED) is 0.825. The average molecular weight is 315 g/mol. The number of aliphatic carboxylic acids is 1. The van der Waals surface area contributed by atoms with E-state index >= 15 is 0 Å². The first-order valence-electron chi connectivity index (χ1n) is 7.35. The van der Waals surface area contributed by atoms with E-state index in [1.165, 1.54) is 12.1 Å². The smallest absolute Gasteiger partial charge is 0.305 e. The Labute approximate surface area is 134 Å². The Balaban J connectivity index is 1.94. The maximum atomic E-state index is 12.8. The monoisotopic (exact) mass is 315 g/mol. The van der Waals surface area contributed by atoms with E-state index in [2.05, 4.69) is 5.32 Å². The number of carboxylic acid groups (broad SMARTS) is 1. The van der Waals surface area contributed by atoms with Gasteiger partial charge >= 0.3 is 5.97 Å². The lowest BCUT2D eigenvalue weighted by atomic mass is 10.0. The molecular weight excluding hydrogens is 297 g/mol. The van der Waals surface area contributed by atoms with Crippen LogP contribution >= 0.6 is 0 Å². The Morgan fingerprint density at radius 2 is 1.70 bits per heavy atom. The van der Waals surface area contributed by atoms with Crippen molar-refractivity contribution >= 4 is 11.9 Å². The van der Waals surface area contributed by atoms with Crippen LogP contribution in [-0.2, 0) is 16.0 Å². The minimum absolute atomic E-state index is 0.174. The minimum Gasteiger partial charge on any atom is -0.481 e. The number of amides is 1. The molecule has 0 spiro atoms. The molecule has 4 nitrogen and oxygen atoms in total. The van der Waals surface area contributed by atoms with Gasteiger partial charge in [0.25, 0.3) is 0 Å². The van der Waals surface area contributed by atoms with Crippen LogP contribution in [0.3, 0.4) is 0 Å². The Morgan fingerprint density at radius 1 is 1.04 bits per heavy atom. The first-order valence-corrected chi connectivity index (χ1v) is 7.35. The van der Waals surface area contributed by atoms with Gasteiger partial charge in [-0.2, -0.15) is 0 Å². The number of carboxylic acids is 1. The van der Waals surface area contributed by atoms with Gasteiger partial charge in [-0.15, -0.1) is 0 Å². The summed E-state index contributed by atoms with van der Waals surface area (Å²) in [5.74, 6) is -1.52. The van der Waals surface area contributed by atoms with Gasteiger partial charge in [-0.05, 0) is 29.7 Å². The second-order valence-corrected chi connectivity index (χ2v) is 5.26. The highest BCUT2D eigenvalue weighted by molar-refractivity contribution is 5.78. The van der Waals surface area contributed by atoms with Crippen molar-refractivity contribution in [3.05, 3.63) is 71.5 Å². The predicted octanol–water partition coefficient (Wildman–Crippen LogP) is 3.09. The van der Waals surface area contributed by atoms with Crippen LogP contribution in [0.5, 0.6) is 0 Å². The second-order valence-electron chi connectivity index (χ2n) is 5.26. The molecule has 0 unspecified atom stereocenters. The van der Waals surface area contributed by atoms with E-state index in [4.69, 9.17) is 5.11 Å². The maximum absolute atomic E-state index is 12.8. The number of rotatable bonds is 7. The molecule has 2 rings (SSSR count). The zero-order valence-corrected chi connectivity index (χ0v) is 12.5. The first-order chi connectivity index (χ1) is 11.0. The molecule has 0 bridgehead atoms. The summed E-state index contributed by atoms with van der Waals surface area (Å²) in [5.41, 5.74) is 1.61. The maximum Gasteiger partial charge on any atom is 0.305 e. The molecule has 2 aromatic rings. The summed E-state index contributed by atoms with van der Waals surface area (Å²) in [4.78, 5) is 23.1. The lowest BCUT2D eigenvalue weighted by Gasteiger charge is -2.17. The summed E-state index contributed by atoms with van der Waals surface area (Å²) in [6, 6.07) is 14.4. The van der Waals surface area contributed by atoms with E-state index in [1.54, 1.807) is 36.4 Å². The molecule has 2 aromatic carbocycles. The lowest BCUT2D eigenvalue weighted by Crippen LogP contribution is -2.30. The van der Waals surface area contributed by atoms with Crippen molar-refractivity contribution in [1.82, 2.24) is 5.32 Å². The molecule has 120 valence electrons. The number of aryl methyl sites for hydroxylation is 1. The first kappa shape index (κ1) is 16.7. The Hall–Kier alpha value is -2.69.